The first kappa shape index (κ1) is 9.80. The molecule has 0 saturated carbocycles. The maximum atomic E-state index is 13.0. The van der Waals surface area contributed by atoms with E-state index in [1.54, 1.807) is 13.1 Å². The smallest absolute Gasteiger partial charge is 0.123 e. The fourth-order valence-electron chi connectivity index (χ4n) is 1.91. The Balaban J connectivity index is 2.56. The zero-order valence-corrected chi connectivity index (χ0v) is 8.90. The van der Waals surface area contributed by atoms with E-state index in [-0.39, 0.29) is 17.1 Å². The summed E-state index contributed by atoms with van der Waals surface area (Å²) in [5, 5.41) is 3.08. The number of hydrogen-bond donors (Lipinski definition) is 1. The van der Waals surface area contributed by atoms with Crippen LogP contribution in [0.1, 0.15) is 18.5 Å². The van der Waals surface area contributed by atoms with Crippen LogP contribution in [0.25, 0.3) is 0 Å². The summed E-state index contributed by atoms with van der Waals surface area (Å²) in [4.78, 5) is 0.762. The van der Waals surface area contributed by atoms with Gasteiger partial charge in [0.15, 0.2) is 0 Å². The summed E-state index contributed by atoms with van der Waals surface area (Å²) in [7, 11) is 0.794. The molecule has 1 aromatic carbocycles. The molecule has 4 heteroatoms. The molecule has 3 atom stereocenters. The van der Waals surface area contributed by atoms with Gasteiger partial charge in [-0.15, -0.1) is 0 Å². The summed E-state index contributed by atoms with van der Waals surface area (Å²) in [6.07, 6.45) is 0. The Morgan fingerprint density at radius 1 is 1.50 bits per heavy atom. The van der Waals surface area contributed by atoms with Crippen LogP contribution in [0.5, 0.6) is 0 Å². The molecule has 1 aliphatic heterocycles. The van der Waals surface area contributed by atoms with Crippen LogP contribution in [-0.4, -0.2) is 16.5 Å². The Bertz CT molecular complexity index is 394. The topological polar surface area (TPSA) is 29.1 Å². The summed E-state index contributed by atoms with van der Waals surface area (Å²) in [5.41, 5.74) is 0.832. The average molecular weight is 213 g/mol. The standard InChI is InChI=1S/C10H12FNOS/c1-6-10(12-2)8-5-7(11)3-4-9(8)14(6)13/h3-6,10,12H,1-2H3. The van der Waals surface area contributed by atoms with Crippen molar-refractivity contribution < 1.29 is 8.60 Å². The lowest BCUT2D eigenvalue weighted by molar-refractivity contribution is 0.573. The first-order chi connectivity index (χ1) is 6.65. The van der Waals surface area contributed by atoms with Crippen molar-refractivity contribution in [3.05, 3.63) is 29.6 Å². The van der Waals surface area contributed by atoms with Gasteiger partial charge in [-0.3, -0.25) is 4.21 Å². The van der Waals surface area contributed by atoms with Crippen molar-refractivity contribution in [2.75, 3.05) is 7.05 Å². The maximum absolute atomic E-state index is 13.0. The molecule has 14 heavy (non-hydrogen) atoms. The number of hydrogen-bond acceptors (Lipinski definition) is 2. The van der Waals surface area contributed by atoms with E-state index in [2.05, 4.69) is 5.32 Å². The molecule has 2 rings (SSSR count). The molecule has 1 N–H and O–H groups in total. The molecule has 0 bridgehead atoms. The predicted molar refractivity (Wildman–Crippen MR) is 54.1 cm³/mol. The highest BCUT2D eigenvalue weighted by atomic mass is 32.2. The number of benzene rings is 1. The largest absolute Gasteiger partial charge is 0.312 e. The van der Waals surface area contributed by atoms with Gasteiger partial charge >= 0.3 is 0 Å². The minimum absolute atomic E-state index is 0.00142. The number of nitrogens with one attached hydrogen (secondary N) is 1. The number of fused-ring (bicyclic) bond motifs is 1. The fourth-order valence-corrected chi connectivity index (χ4v) is 3.46. The Hall–Kier alpha value is -0.740. The first-order valence-electron chi connectivity index (χ1n) is 4.52. The van der Waals surface area contributed by atoms with E-state index in [9.17, 15) is 8.60 Å². The molecule has 0 aromatic heterocycles. The van der Waals surface area contributed by atoms with Crippen LogP contribution in [0, 0.1) is 5.82 Å². The molecule has 0 spiro atoms. The van der Waals surface area contributed by atoms with Crippen LogP contribution in [-0.2, 0) is 10.8 Å². The molecule has 2 nitrogen and oxygen atoms in total. The van der Waals surface area contributed by atoms with Gasteiger partial charge in [-0.25, -0.2) is 4.39 Å². The second-order valence-corrected chi connectivity index (χ2v) is 5.23. The van der Waals surface area contributed by atoms with Crippen molar-refractivity contribution >= 4 is 10.8 Å². The third-order valence-electron chi connectivity index (χ3n) is 2.64. The van der Waals surface area contributed by atoms with Crippen molar-refractivity contribution in [1.29, 1.82) is 0 Å². The molecule has 1 heterocycles. The zero-order chi connectivity index (χ0) is 10.3. The molecule has 1 aromatic rings. The summed E-state index contributed by atoms with van der Waals surface area (Å²) < 4.78 is 24.8. The SMILES string of the molecule is CNC1c2cc(F)ccc2S(=O)C1C. The number of halogens is 1. The van der Waals surface area contributed by atoms with Gasteiger partial charge in [0.1, 0.15) is 5.82 Å². The molecule has 76 valence electrons. The van der Waals surface area contributed by atoms with Crippen LogP contribution >= 0.6 is 0 Å². The lowest BCUT2D eigenvalue weighted by Crippen LogP contribution is -2.24. The normalized spacial score (nSPS) is 30.4. The Morgan fingerprint density at radius 3 is 2.86 bits per heavy atom. The molecule has 0 saturated heterocycles. The van der Waals surface area contributed by atoms with E-state index >= 15 is 0 Å². The summed E-state index contributed by atoms with van der Waals surface area (Å²) in [6, 6.07) is 4.45. The summed E-state index contributed by atoms with van der Waals surface area (Å²) in [5.74, 6) is -0.268. The molecular weight excluding hydrogens is 201 g/mol. The van der Waals surface area contributed by atoms with Gasteiger partial charge < -0.3 is 5.32 Å². The predicted octanol–water partition coefficient (Wildman–Crippen LogP) is 1.60. The van der Waals surface area contributed by atoms with Gasteiger partial charge in [0.25, 0.3) is 0 Å². The second kappa shape index (κ2) is 3.44. The third-order valence-corrected chi connectivity index (χ3v) is 4.39. The van der Waals surface area contributed by atoms with E-state index in [0.29, 0.717) is 0 Å². The molecule has 0 amide bonds. The molecule has 0 fully saturated rings. The molecule has 0 aliphatic carbocycles. The van der Waals surface area contributed by atoms with Crippen LogP contribution in [0.4, 0.5) is 4.39 Å². The lowest BCUT2D eigenvalue weighted by Gasteiger charge is -2.13. The quantitative estimate of drug-likeness (QED) is 0.767. The van der Waals surface area contributed by atoms with E-state index in [4.69, 9.17) is 0 Å². The zero-order valence-electron chi connectivity index (χ0n) is 8.08. The summed E-state index contributed by atoms with van der Waals surface area (Å²) >= 11 is 0. The van der Waals surface area contributed by atoms with E-state index in [1.165, 1.54) is 12.1 Å². The molecule has 0 radical (unpaired) electrons. The van der Waals surface area contributed by atoms with Crippen molar-refractivity contribution in [1.82, 2.24) is 5.32 Å². The third kappa shape index (κ3) is 1.29. The van der Waals surface area contributed by atoms with Gasteiger partial charge in [-0.1, -0.05) is 0 Å². The summed E-state index contributed by atoms with van der Waals surface area (Å²) in [6.45, 7) is 1.91. The van der Waals surface area contributed by atoms with Crippen molar-refractivity contribution in [2.45, 2.75) is 23.1 Å². The molecular formula is C10H12FNOS. The second-order valence-electron chi connectivity index (χ2n) is 3.45. The minimum atomic E-state index is -1.01. The van der Waals surface area contributed by atoms with Crippen LogP contribution in [0.15, 0.2) is 23.1 Å². The van der Waals surface area contributed by atoms with Crippen molar-refractivity contribution in [3.8, 4) is 0 Å². The highest BCUT2D eigenvalue weighted by Gasteiger charge is 2.34. The van der Waals surface area contributed by atoms with Crippen molar-refractivity contribution in [2.24, 2.45) is 0 Å². The lowest BCUT2D eigenvalue weighted by atomic mass is 10.1. The monoisotopic (exact) mass is 213 g/mol. The Labute approximate surface area is 85.0 Å². The Morgan fingerprint density at radius 2 is 2.21 bits per heavy atom. The van der Waals surface area contributed by atoms with E-state index in [0.717, 1.165) is 10.5 Å². The van der Waals surface area contributed by atoms with Gasteiger partial charge in [-0.2, -0.15) is 0 Å². The minimum Gasteiger partial charge on any atom is -0.312 e. The van der Waals surface area contributed by atoms with Gasteiger partial charge in [0.2, 0.25) is 0 Å². The molecule has 1 aliphatic rings. The molecule has 3 unspecified atom stereocenters. The van der Waals surface area contributed by atoms with Gasteiger partial charge in [0.05, 0.1) is 16.0 Å². The van der Waals surface area contributed by atoms with Crippen LogP contribution in [0.2, 0.25) is 0 Å². The van der Waals surface area contributed by atoms with Gasteiger partial charge in [-0.05, 0) is 37.7 Å². The highest BCUT2D eigenvalue weighted by molar-refractivity contribution is 7.86. The van der Waals surface area contributed by atoms with Crippen LogP contribution in [0.3, 0.4) is 0 Å². The van der Waals surface area contributed by atoms with Crippen LogP contribution < -0.4 is 5.32 Å². The maximum Gasteiger partial charge on any atom is 0.123 e. The van der Waals surface area contributed by atoms with E-state index < -0.39 is 10.8 Å². The van der Waals surface area contributed by atoms with E-state index in [1.807, 2.05) is 6.92 Å². The van der Waals surface area contributed by atoms with Gasteiger partial charge in [0, 0.05) is 10.9 Å². The Kier molecular flexibility index (Phi) is 2.41. The number of rotatable bonds is 1. The first-order valence-corrected chi connectivity index (χ1v) is 5.73. The van der Waals surface area contributed by atoms with Crippen molar-refractivity contribution in [3.63, 3.8) is 0 Å². The highest BCUT2D eigenvalue weighted by Crippen LogP contribution is 2.36. The average Bonchev–Trinajstić information content (AvgIpc) is 2.39. The fraction of sp³-hybridized carbons (Fsp3) is 0.400.